The van der Waals surface area contributed by atoms with Crippen molar-refractivity contribution in [2.45, 2.75) is 32.7 Å². The fourth-order valence-corrected chi connectivity index (χ4v) is 4.02. The molecule has 5 aromatic rings. The summed E-state index contributed by atoms with van der Waals surface area (Å²) in [6, 6.07) is 13.2. The van der Waals surface area contributed by atoms with Crippen molar-refractivity contribution in [1.82, 2.24) is 29.5 Å². The Balaban J connectivity index is 1.57. The number of H-pyrrole nitrogens is 2. The number of aromatic amines is 2. The fraction of sp³-hybridized carbons (Fsp3) is 0.192. The number of anilines is 2. The highest BCUT2D eigenvalue weighted by Gasteiger charge is 2.09. The van der Waals surface area contributed by atoms with Gasteiger partial charge in [-0.2, -0.15) is 9.61 Å². The Morgan fingerprint density at radius 3 is 2.81 bits per heavy atom. The van der Waals surface area contributed by atoms with Gasteiger partial charge < -0.3 is 15.4 Å². The Morgan fingerprint density at radius 1 is 1.19 bits per heavy atom. The number of aromatic hydroxyl groups is 1. The van der Waals surface area contributed by atoms with Gasteiger partial charge in [0.2, 0.25) is 5.88 Å². The molecular formula is C26H25ClN8O2. The molecule has 0 unspecified atom stereocenters. The van der Waals surface area contributed by atoms with Crippen molar-refractivity contribution in [2.75, 3.05) is 5.32 Å². The Labute approximate surface area is 216 Å². The molecule has 37 heavy (non-hydrogen) atoms. The molecule has 0 amide bonds. The van der Waals surface area contributed by atoms with E-state index in [1.807, 2.05) is 30.5 Å². The van der Waals surface area contributed by atoms with Gasteiger partial charge in [0.05, 0.1) is 12.7 Å². The number of nitrogens with one attached hydrogen (secondary N) is 3. The average Bonchev–Trinajstić information content (AvgIpc) is 3.43. The number of hydrogen-bond acceptors (Lipinski definition) is 7. The first kappa shape index (κ1) is 24.3. The minimum Gasteiger partial charge on any atom is -0.493 e. The number of aromatic nitrogens is 6. The van der Waals surface area contributed by atoms with Gasteiger partial charge in [0, 0.05) is 33.9 Å². The Kier molecular flexibility index (Phi) is 7.00. The van der Waals surface area contributed by atoms with Gasteiger partial charge in [-0.15, -0.1) is 0 Å². The van der Waals surface area contributed by atoms with Crippen molar-refractivity contribution >= 4 is 34.8 Å². The van der Waals surface area contributed by atoms with E-state index < -0.39 is 5.69 Å². The maximum Gasteiger partial charge on any atom is 0.326 e. The van der Waals surface area contributed by atoms with Gasteiger partial charge in [-0.1, -0.05) is 37.1 Å². The summed E-state index contributed by atoms with van der Waals surface area (Å²) >= 11 is 6.15. The van der Waals surface area contributed by atoms with Crippen molar-refractivity contribution in [3.8, 4) is 5.88 Å². The second-order valence-corrected chi connectivity index (χ2v) is 8.97. The molecule has 10 nitrogen and oxygen atoms in total. The number of nitrogens with zero attached hydrogens (tertiary/aromatic N) is 5. The van der Waals surface area contributed by atoms with Gasteiger partial charge in [0.1, 0.15) is 11.5 Å². The summed E-state index contributed by atoms with van der Waals surface area (Å²) in [6.45, 7) is 2.57. The minimum absolute atomic E-state index is 0.225. The quantitative estimate of drug-likeness (QED) is 0.250. The van der Waals surface area contributed by atoms with E-state index in [4.69, 9.17) is 21.6 Å². The van der Waals surface area contributed by atoms with Crippen LogP contribution in [0.2, 0.25) is 5.02 Å². The predicted octanol–water partition coefficient (Wildman–Crippen LogP) is 3.23. The molecule has 4 heterocycles. The fourth-order valence-electron chi connectivity index (χ4n) is 3.83. The SMILES string of the molecule is CCCCc1ccc(CN=c2cc(Nc3cccc(Cl)c3)nc3c(=Cc4[nH]c(=O)[nH]c4O)cnn23)cn1. The van der Waals surface area contributed by atoms with Crippen LogP contribution >= 0.6 is 11.6 Å². The maximum atomic E-state index is 11.6. The van der Waals surface area contributed by atoms with E-state index in [2.05, 4.69) is 32.3 Å². The average molecular weight is 517 g/mol. The molecule has 4 aromatic heterocycles. The van der Waals surface area contributed by atoms with Crippen LogP contribution in [0.4, 0.5) is 11.5 Å². The normalized spacial score (nSPS) is 12.5. The van der Waals surface area contributed by atoms with E-state index in [1.54, 1.807) is 35.0 Å². The molecule has 0 fully saturated rings. The van der Waals surface area contributed by atoms with Gasteiger partial charge in [0.25, 0.3) is 0 Å². The van der Waals surface area contributed by atoms with Crippen LogP contribution in [0.3, 0.4) is 0 Å². The second kappa shape index (κ2) is 10.7. The first-order valence-corrected chi connectivity index (χ1v) is 12.2. The van der Waals surface area contributed by atoms with Gasteiger partial charge in [-0.05, 0) is 48.7 Å². The number of unbranched alkanes of at least 4 members (excludes halogenated alkanes) is 1. The molecule has 0 aliphatic carbocycles. The maximum absolute atomic E-state index is 11.6. The highest BCUT2D eigenvalue weighted by molar-refractivity contribution is 6.30. The molecule has 4 N–H and O–H groups in total. The lowest BCUT2D eigenvalue weighted by Crippen LogP contribution is -2.19. The van der Waals surface area contributed by atoms with E-state index >= 15 is 0 Å². The van der Waals surface area contributed by atoms with Crippen molar-refractivity contribution in [3.63, 3.8) is 0 Å². The van der Waals surface area contributed by atoms with Crippen LogP contribution in [-0.4, -0.2) is 34.7 Å². The topological polar surface area (TPSA) is 136 Å². The monoisotopic (exact) mass is 516 g/mol. The third-order valence-electron chi connectivity index (χ3n) is 5.71. The summed E-state index contributed by atoms with van der Waals surface area (Å²) in [7, 11) is 0. The number of pyridine rings is 1. The molecular weight excluding hydrogens is 492 g/mol. The molecule has 0 atom stereocenters. The summed E-state index contributed by atoms with van der Waals surface area (Å²) in [6.07, 6.45) is 8.25. The van der Waals surface area contributed by atoms with Crippen LogP contribution in [0.1, 0.15) is 36.7 Å². The highest BCUT2D eigenvalue weighted by Crippen LogP contribution is 2.18. The summed E-state index contributed by atoms with van der Waals surface area (Å²) in [5.41, 5.74) is 3.58. The molecule has 0 bridgehead atoms. The molecule has 11 heteroatoms. The molecule has 0 aliphatic rings. The van der Waals surface area contributed by atoms with Crippen LogP contribution in [0.15, 0.2) is 64.6 Å². The van der Waals surface area contributed by atoms with Gasteiger partial charge in [-0.3, -0.25) is 15.0 Å². The largest absolute Gasteiger partial charge is 0.493 e. The Hall–Kier alpha value is -4.44. The zero-order valence-electron chi connectivity index (χ0n) is 20.1. The lowest BCUT2D eigenvalue weighted by Gasteiger charge is -2.07. The van der Waals surface area contributed by atoms with Gasteiger partial charge in [-0.25, -0.2) is 9.78 Å². The number of rotatable bonds is 8. The standard InChI is InChI=1S/C26H25ClN8O2/c1-2-3-6-19-9-8-16(13-28-19)14-29-23-12-22(31-20-7-4-5-18(27)11-20)33-24-17(15-30-35(23)24)10-21-25(36)34-26(37)32-21/h4-5,7-13,15,31,36H,2-3,6,14H2,1H3,(H2,32,34,37). The van der Waals surface area contributed by atoms with E-state index in [-0.39, 0.29) is 11.6 Å². The first-order chi connectivity index (χ1) is 18.0. The van der Waals surface area contributed by atoms with Crippen molar-refractivity contribution in [2.24, 2.45) is 4.99 Å². The minimum atomic E-state index is -0.512. The first-order valence-electron chi connectivity index (χ1n) is 11.9. The van der Waals surface area contributed by atoms with Gasteiger partial charge >= 0.3 is 5.69 Å². The number of imidazole rings is 1. The number of fused-ring (bicyclic) bond motifs is 1. The van der Waals surface area contributed by atoms with E-state index in [9.17, 15) is 9.90 Å². The van der Waals surface area contributed by atoms with Crippen LogP contribution in [-0.2, 0) is 13.0 Å². The molecule has 1 aromatic carbocycles. The molecule has 188 valence electrons. The molecule has 5 rings (SSSR count). The zero-order valence-corrected chi connectivity index (χ0v) is 20.8. The lowest BCUT2D eigenvalue weighted by atomic mass is 10.1. The van der Waals surface area contributed by atoms with Crippen molar-refractivity contribution < 1.29 is 5.11 Å². The lowest BCUT2D eigenvalue weighted by molar-refractivity contribution is 0.454. The summed E-state index contributed by atoms with van der Waals surface area (Å²) in [5, 5.41) is 18.9. The second-order valence-electron chi connectivity index (χ2n) is 8.53. The Morgan fingerprint density at radius 2 is 2.08 bits per heavy atom. The molecule has 0 aliphatic heterocycles. The zero-order chi connectivity index (χ0) is 25.8. The molecule has 0 saturated heterocycles. The molecule has 0 radical (unpaired) electrons. The summed E-state index contributed by atoms with van der Waals surface area (Å²) in [5.74, 6) is 0.265. The Bertz CT molecular complexity index is 1720. The third-order valence-corrected chi connectivity index (χ3v) is 5.94. The molecule has 0 saturated carbocycles. The number of hydrogen-bond donors (Lipinski definition) is 4. The number of benzene rings is 1. The van der Waals surface area contributed by atoms with E-state index in [1.165, 1.54) is 0 Å². The smallest absolute Gasteiger partial charge is 0.326 e. The highest BCUT2D eigenvalue weighted by atomic mass is 35.5. The summed E-state index contributed by atoms with van der Waals surface area (Å²) < 4.78 is 1.61. The number of aryl methyl sites for hydroxylation is 1. The van der Waals surface area contributed by atoms with Gasteiger partial charge in [0.15, 0.2) is 11.1 Å². The van der Waals surface area contributed by atoms with E-state index in [0.29, 0.717) is 33.7 Å². The third kappa shape index (κ3) is 5.70. The van der Waals surface area contributed by atoms with Crippen molar-refractivity contribution in [3.05, 3.63) is 98.0 Å². The van der Waals surface area contributed by atoms with E-state index in [0.717, 1.165) is 36.2 Å². The van der Waals surface area contributed by atoms with Crippen LogP contribution in [0, 0.1) is 0 Å². The summed E-state index contributed by atoms with van der Waals surface area (Å²) in [4.78, 5) is 30.5. The molecule has 0 spiro atoms. The van der Waals surface area contributed by atoms with Crippen LogP contribution in [0.5, 0.6) is 5.88 Å². The van der Waals surface area contributed by atoms with Crippen molar-refractivity contribution in [1.29, 1.82) is 0 Å². The van der Waals surface area contributed by atoms with Crippen LogP contribution < -0.4 is 21.7 Å². The predicted molar refractivity (Wildman–Crippen MR) is 142 cm³/mol. The number of halogens is 1. The van der Waals surface area contributed by atoms with Crippen LogP contribution in [0.25, 0.3) is 11.7 Å².